The average Bonchev–Trinajstić information content (AvgIpc) is 2.87. The van der Waals surface area contributed by atoms with Crippen LogP contribution >= 0.6 is 0 Å². The molecule has 0 radical (unpaired) electrons. The van der Waals surface area contributed by atoms with Gasteiger partial charge in [0.25, 0.3) is 0 Å². The van der Waals surface area contributed by atoms with Crippen LogP contribution in [0.3, 0.4) is 0 Å². The molecule has 0 N–H and O–H groups in total. The lowest BCUT2D eigenvalue weighted by Crippen LogP contribution is -2.32. The third-order valence-electron chi connectivity index (χ3n) is 3.69. The molecule has 0 saturated carbocycles. The van der Waals surface area contributed by atoms with E-state index >= 15 is 0 Å². The highest BCUT2D eigenvalue weighted by atomic mass is 32.2. The molecule has 3 rings (SSSR count). The van der Waals surface area contributed by atoms with Gasteiger partial charge < -0.3 is 13.7 Å². The van der Waals surface area contributed by atoms with Gasteiger partial charge in [0.05, 0.1) is 13.2 Å². The van der Waals surface area contributed by atoms with Crippen molar-refractivity contribution >= 4 is 10.1 Å². The van der Waals surface area contributed by atoms with Crippen LogP contribution in [0.2, 0.25) is 0 Å². The summed E-state index contributed by atoms with van der Waals surface area (Å²) in [7, 11) is -5.69. The van der Waals surface area contributed by atoms with Gasteiger partial charge in [0.1, 0.15) is 5.75 Å². The summed E-state index contributed by atoms with van der Waals surface area (Å²) in [4.78, 5) is 0. The maximum absolute atomic E-state index is 12.4. The van der Waals surface area contributed by atoms with Crippen molar-refractivity contribution in [3.63, 3.8) is 0 Å². The topological polar surface area (TPSA) is 61.8 Å². The molecule has 5 nitrogen and oxygen atoms in total. The SMILES string of the molecule is O=S(=O)(Oc1ccc2c(c1)C1(CCC2)OCCO1)C(F)(F)F. The monoisotopic (exact) mass is 338 g/mol. The van der Waals surface area contributed by atoms with Crippen LogP contribution in [0.25, 0.3) is 0 Å². The molecule has 0 amide bonds. The molecule has 1 aromatic carbocycles. The van der Waals surface area contributed by atoms with Crippen LogP contribution in [0, 0.1) is 0 Å². The molecule has 1 aliphatic heterocycles. The molecule has 0 atom stereocenters. The zero-order valence-corrected chi connectivity index (χ0v) is 12.2. The Bertz CT molecular complexity index is 677. The van der Waals surface area contributed by atoms with E-state index in [9.17, 15) is 21.6 Å². The summed E-state index contributed by atoms with van der Waals surface area (Å²) in [5.74, 6) is -1.41. The van der Waals surface area contributed by atoms with Crippen LogP contribution in [-0.2, 0) is 31.8 Å². The third-order valence-corrected chi connectivity index (χ3v) is 4.67. The Balaban J connectivity index is 1.97. The van der Waals surface area contributed by atoms with Gasteiger partial charge in [-0.3, -0.25) is 0 Å². The minimum atomic E-state index is -5.69. The van der Waals surface area contributed by atoms with Gasteiger partial charge in [-0.2, -0.15) is 21.6 Å². The molecule has 22 heavy (non-hydrogen) atoms. The first-order chi connectivity index (χ1) is 10.2. The van der Waals surface area contributed by atoms with Crippen LogP contribution in [0.1, 0.15) is 24.0 Å². The van der Waals surface area contributed by atoms with E-state index < -0.39 is 27.2 Å². The Morgan fingerprint density at radius 2 is 1.86 bits per heavy atom. The molecular weight excluding hydrogens is 325 g/mol. The number of ether oxygens (including phenoxy) is 2. The molecule has 122 valence electrons. The van der Waals surface area contributed by atoms with E-state index in [1.54, 1.807) is 6.07 Å². The summed E-state index contributed by atoms with van der Waals surface area (Å²) in [6, 6.07) is 4.00. The fourth-order valence-corrected chi connectivity index (χ4v) is 3.21. The smallest absolute Gasteiger partial charge is 0.376 e. The molecule has 0 unspecified atom stereocenters. The van der Waals surface area contributed by atoms with Gasteiger partial charge in [0.2, 0.25) is 0 Å². The van der Waals surface area contributed by atoms with Gasteiger partial charge in [-0.25, -0.2) is 0 Å². The lowest BCUT2D eigenvalue weighted by atomic mass is 9.86. The predicted molar refractivity (Wildman–Crippen MR) is 68.6 cm³/mol. The van der Waals surface area contributed by atoms with E-state index in [0.717, 1.165) is 18.4 Å². The van der Waals surface area contributed by atoms with Gasteiger partial charge in [0, 0.05) is 12.0 Å². The van der Waals surface area contributed by atoms with Gasteiger partial charge in [-0.05, 0) is 30.5 Å². The number of hydrogen-bond acceptors (Lipinski definition) is 5. The van der Waals surface area contributed by atoms with Crippen molar-refractivity contribution in [1.82, 2.24) is 0 Å². The molecular formula is C13H13F3O5S. The molecule has 1 fully saturated rings. The van der Waals surface area contributed by atoms with Crippen molar-refractivity contribution in [3.05, 3.63) is 29.3 Å². The van der Waals surface area contributed by atoms with Crippen LogP contribution in [-0.4, -0.2) is 27.1 Å². The van der Waals surface area contributed by atoms with Crippen molar-refractivity contribution < 1.29 is 35.2 Å². The van der Waals surface area contributed by atoms with Gasteiger partial charge in [0.15, 0.2) is 5.79 Å². The van der Waals surface area contributed by atoms with Gasteiger partial charge in [-0.15, -0.1) is 0 Å². The minimum Gasteiger partial charge on any atom is -0.376 e. The number of alkyl halides is 3. The second kappa shape index (κ2) is 5.10. The van der Waals surface area contributed by atoms with E-state index in [1.807, 2.05) is 0 Å². The summed E-state index contributed by atoms with van der Waals surface area (Å²) in [6.45, 7) is 0.761. The Morgan fingerprint density at radius 3 is 2.50 bits per heavy atom. The molecule has 0 bridgehead atoms. The molecule has 0 aromatic heterocycles. The van der Waals surface area contributed by atoms with Crippen molar-refractivity contribution in [1.29, 1.82) is 0 Å². The van der Waals surface area contributed by atoms with Crippen LogP contribution in [0.15, 0.2) is 18.2 Å². The number of rotatable bonds is 2. The first kappa shape index (κ1) is 15.6. The van der Waals surface area contributed by atoms with Crippen molar-refractivity contribution in [2.75, 3.05) is 13.2 Å². The summed E-state index contributed by atoms with van der Waals surface area (Å²) < 4.78 is 74.7. The maximum atomic E-state index is 12.4. The zero-order valence-electron chi connectivity index (χ0n) is 11.4. The van der Waals surface area contributed by atoms with E-state index in [-0.39, 0.29) is 0 Å². The zero-order chi connectivity index (χ0) is 16.0. The first-order valence-electron chi connectivity index (χ1n) is 6.66. The molecule has 2 aliphatic rings. The quantitative estimate of drug-likeness (QED) is 0.612. The first-order valence-corrected chi connectivity index (χ1v) is 8.06. The van der Waals surface area contributed by atoms with Crippen molar-refractivity contribution in [3.8, 4) is 5.75 Å². The van der Waals surface area contributed by atoms with Crippen molar-refractivity contribution in [2.45, 2.75) is 30.6 Å². The second-order valence-electron chi connectivity index (χ2n) is 5.11. The second-order valence-corrected chi connectivity index (χ2v) is 6.64. The van der Waals surface area contributed by atoms with Crippen molar-refractivity contribution in [2.24, 2.45) is 0 Å². The van der Waals surface area contributed by atoms with Crippen LogP contribution in [0.5, 0.6) is 5.75 Å². The number of hydrogen-bond donors (Lipinski definition) is 0. The standard InChI is InChI=1S/C13H13F3O5S/c14-13(15,16)22(17,18)21-10-4-3-9-2-1-5-12(11(9)8-10)19-6-7-20-12/h3-4,8H,1-2,5-7H2. The van der Waals surface area contributed by atoms with E-state index in [2.05, 4.69) is 4.18 Å². The maximum Gasteiger partial charge on any atom is 0.534 e. The number of benzene rings is 1. The molecule has 1 aromatic rings. The third kappa shape index (κ3) is 2.57. The predicted octanol–water partition coefficient (Wildman–Crippen LogP) is 2.45. The molecule has 1 heterocycles. The summed E-state index contributed by atoms with van der Waals surface area (Å²) >= 11 is 0. The van der Waals surface area contributed by atoms with E-state index in [1.165, 1.54) is 12.1 Å². The van der Waals surface area contributed by atoms with E-state index in [4.69, 9.17) is 9.47 Å². The lowest BCUT2D eigenvalue weighted by Gasteiger charge is -2.33. The highest BCUT2D eigenvalue weighted by molar-refractivity contribution is 7.88. The minimum absolute atomic E-state index is 0.380. The normalized spacial score (nSPS) is 20.9. The number of halogens is 3. The highest BCUT2D eigenvalue weighted by Crippen LogP contribution is 2.43. The number of fused-ring (bicyclic) bond motifs is 2. The van der Waals surface area contributed by atoms with Gasteiger partial charge >= 0.3 is 15.6 Å². The largest absolute Gasteiger partial charge is 0.534 e. The Labute approximate surface area is 125 Å². The average molecular weight is 338 g/mol. The molecule has 1 aliphatic carbocycles. The number of aryl methyl sites for hydroxylation is 1. The Kier molecular flexibility index (Phi) is 3.61. The molecule has 1 spiro atoms. The van der Waals surface area contributed by atoms with Crippen LogP contribution < -0.4 is 4.18 Å². The molecule has 9 heteroatoms. The Morgan fingerprint density at radius 1 is 1.18 bits per heavy atom. The lowest BCUT2D eigenvalue weighted by molar-refractivity contribution is -0.175. The van der Waals surface area contributed by atoms with Gasteiger partial charge in [-0.1, -0.05) is 6.07 Å². The fraction of sp³-hybridized carbons (Fsp3) is 0.538. The van der Waals surface area contributed by atoms with Crippen LogP contribution in [0.4, 0.5) is 13.2 Å². The molecule has 1 saturated heterocycles. The summed E-state index contributed by atoms with van der Waals surface area (Å²) in [6.07, 6.45) is 2.10. The van der Waals surface area contributed by atoms with E-state index in [0.29, 0.717) is 25.2 Å². The summed E-state index contributed by atoms with van der Waals surface area (Å²) in [5, 5.41) is 0. The summed E-state index contributed by atoms with van der Waals surface area (Å²) in [5.41, 5.74) is -4.09. The fourth-order valence-electron chi connectivity index (χ4n) is 2.75. The highest BCUT2D eigenvalue weighted by Gasteiger charge is 2.49. The Hall–Kier alpha value is -1.32.